The molecule has 0 bridgehead atoms. The molecule has 114 valence electrons. The molecule has 1 aromatic carbocycles. The van der Waals surface area contributed by atoms with E-state index < -0.39 is 0 Å². The minimum atomic E-state index is -0.173. The van der Waals surface area contributed by atoms with Gasteiger partial charge in [0.15, 0.2) is 0 Å². The van der Waals surface area contributed by atoms with Crippen molar-refractivity contribution in [1.82, 2.24) is 0 Å². The van der Waals surface area contributed by atoms with E-state index in [-0.39, 0.29) is 12.0 Å². The molecule has 0 aliphatic carbocycles. The molecule has 0 fully saturated rings. The lowest BCUT2D eigenvalue weighted by Gasteiger charge is -2.43. The summed E-state index contributed by atoms with van der Waals surface area (Å²) in [4.78, 5) is 14.0. The Bertz CT molecular complexity index is 580. The summed E-state index contributed by atoms with van der Waals surface area (Å²) in [6, 6.07) is 1.90. The second-order valence-electron chi connectivity index (χ2n) is 5.11. The number of nitrogens with zero attached hydrogens (tertiary/aromatic N) is 1. The highest BCUT2D eigenvalue weighted by molar-refractivity contribution is 6.44. The van der Waals surface area contributed by atoms with E-state index in [1.165, 1.54) is 0 Å². The van der Waals surface area contributed by atoms with Crippen LogP contribution in [0.15, 0.2) is 6.07 Å². The van der Waals surface area contributed by atoms with Crippen LogP contribution < -0.4 is 15.5 Å². The highest BCUT2D eigenvalue weighted by Crippen LogP contribution is 2.47. The van der Waals surface area contributed by atoms with Gasteiger partial charge >= 0.3 is 5.97 Å². The second-order valence-corrected chi connectivity index (χ2v) is 5.89. The SMILES string of the molecule is CCOC(=O)CC1CNc2c(Cl)c(Cl)cc3c2N1CCN3. The van der Waals surface area contributed by atoms with Gasteiger partial charge in [-0.3, -0.25) is 4.79 Å². The summed E-state index contributed by atoms with van der Waals surface area (Å²) in [6.45, 7) is 4.50. The molecule has 0 aromatic heterocycles. The molecule has 0 saturated heterocycles. The van der Waals surface area contributed by atoms with Crippen LogP contribution in [0.1, 0.15) is 13.3 Å². The van der Waals surface area contributed by atoms with Crippen molar-refractivity contribution in [2.24, 2.45) is 0 Å². The van der Waals surface area contributed by atoms with Gasteiger partial charge in [0.25, 0.3) is 0 Å². The van der Waals surface area contributed by atoms with Crippen molar-refractivity contribution in [3.8, 4) is 0 Å². The van der Waals surface area contributed by atoms with Crippen LogP contribution in [-0.2, 0) is 9.53 Å². The molecule has 21 heavy (non-hydrogen) atoms. The molecule has 2 aliphatic heterocycles. The zero-order valence-corrected chi connectivity index (χ0v) is 13.2. The van der Waals surface area contributed by atoms with Gasteiger partial charge in [-0.25, -0.2) is 0 Å². The second kappa shape index (κ2) is 5.81. The van der Waals surface area contributed by atoms with E-state index >= 15 is 0 Å². The van der Waals surface area contributed by atoms with Gasteiger partial charge in [0, 0.05) is 19.6 Å². The van der Waals surface area contributed by atoms with Crippen molar-refractivity contribution < 1.29 is 9.53 Å². The van der Waals surface area contributed by atoms with Crippen LogP contribution in [0.2, 0.25) is 10.0 Å². The molecule has 1 atom stereocenters. The van der Waals surface area contributed by atoms with E-state index in [4.69, 9.17) is 27.9 Å². The van der Waals surface area contributed by atoms with Gasteiger partial charge < -0.3 is 20.3 Å². The smallest absolute Gasteiger partial charge is 0.307 e. The third kappa shape index (κ3) is 2.60. The normalized spacial score (nSPS) is 19.4. The van der Waals surface area contributed by atoms with Gasteiger partial charge in [-0.1, -0.05) is 23.2 Å². The molecule has 5 nitrogen and oxygen atoms in total. The summed E-state index contributed by atoms with van der Waals surface area (Å²) in [5.41, 5.74) is 2.79. The van der Waals surface area contributed by atoms with Crippen molar-refractivity contribution in [1.29, 1.82) is 0 Å². The molecular formula is C14H17Cl2N3O2. The van der Waals surface area contributed by atoms with E-state index in [0.29, 0.717) is 29.6 Å². The maximum Gasteiger partial charge on any atom is 0.307 e. The molecule has 0 amide bonds. The zero-order valence-electron chi connectivity index (χ0n) is 11.7. The number of hydrogen-bond donors (Lipinski definition) is 2. The molecule has 2 N–H and O–H groups in total. The Morgan fingerprint density at radius 1 is 1.48 bits per heavy atom. The summed E-state index contributed by atoms with van der Waals surface area (Å²) in [6.07, 6.45) is 0.361. The average molecular weight is 330 g/mol. The fourth-order valence-corrected chi connectivity index (χ4v) is 3.34. The first-order chi connectivity index (χ1) is 10.1. The molecule has 0 saturated carbocycles. The minimum absolute atomic E-state index is 0.0645. The number of nitrogens with one attached hydrogen (secondary N) is 2. The van der Waals surface area contributed by atoms with Gasteiger partial charge in [0.1, 0.15) is 0 Å². The van der Waals surface area contributed by atoms with Crippen LogP contribution in [0.4, 0.5) is 17.1 Å². The fourth-order valence-electron chi connectivity index (χ4n) is 2.92. The lowest BCUT2D eigenvalue weighted by Crippen LogP contribution is -2.49. The van der Waals surface area contributed by atoms with Crippen molar-refractivity contribution >= 4 is 46.2 Å². The summed E-state index contributed by atoms with van der Waals surface area (Å²) in [7, 11) is 0. The van der Waals surface area contributed by atoms with Gasteiger partial charge in [-0.2, -0.15) is 0 Å². The first-order valence-electron chi connectivity index (χ1n) is 7.03. The number of esters is 1. The highest BCUT2D eigenvalue weighted by atomic mass is 35.5. The van der Waals surface area contributed by atoms with E-state index in [2.05, 4.69) is 15.5 Å². The third-order valence-corrected chi connectivity index (χ3v) is 4.60. The summed E-state index contributed by atoms with van der Waals surface area (Å²) >= 11 is 12.5. The van der Waals surface area contributed by atoms with Crippen LogP contribution in [0.3, 0.4) is 0 Å². The third-order valence-electron chi connectivity index (χ3n) is 3.81. The number of carbonyl (C=O) groups is 1. The zero-order chi connectivity index (χ0) is 15.0. The predicted octanol–water partition coefficient (Wildman–Crippen LogP) is 2.97. The maximum absolute atomic E-state index is 11.8. The van der Waals surface area contributed by atoms with Crippen molar-refractivity contribution in [3.05, 3.63) is 16.1 Å². The molecule has 2 heterocycles. The quantitative estimate of drug-likeness (QED) is 0.835. The van der Waals surface area contributed by atoms with Gasteiger partial charge in [0.05, 0.1) is 46.2 Å². The summed E-state index contributed by atoms with van der Waals surface area (Å²) in [5, 5.41) is 7.68. The van der Waals surface area contributed by atoms with Crippen molar-refractivity contribution in [2.45, 2.75) is 19.4 Å². The Balaban J connectivity index is 1.93. The molecule has 3 rings (SSSR count). The Labute approximate surface area is 133 Å². The lowest BCUT2D eigenvalue weighted by atomic mass is 10.0. The first kappa shape index (κ1) is 14.6. The monoisotopic (exact) mass is 329 g/mol. The number of carbonyl (C=O) groups excluding carboxylic acids is 1. The summed E-state index contributed by atoms with van der Waals surface area (Å²) < 4.78 is 5.06. The molecule has 1 unspecified atom stereocenters. The largest absolute Gasteiger partial charge is 0.466 e. The lowest BCUT2D eigenvalue weighted by molar-refractivity contribution is -0.143. The van der Waals surface area contributed by atoms with Gasteiger partial charge in [-0.05, 0) is 13.0 Å². The molecule has 1 aromatic rings. The number of hydrogen-bond acceptors (Lipinski definition) is 5. The predicted molar refractivity (Wildman–Crippen MR) is 85.8 cm³/mol. The molecule has 0 radical (unpaired) electrons. The van der Waals surface area contributed by atoms with Crippen LogP contribution >= 0.6 is 23.2 Å². The van der Waals surface area contributed by atoms with Crippen molar-refractivity contribution in [3.63, 3.8) is 0 Å². The van der Waals surface area contributed by atoms with Gasteiger partial charge in [0.2, 0.25) is 0 Å². The Kier molecular flexibility index (Phi) is 4.04. The number of benzene rings is 1. The van der Waals surface area contributed by atoms with Crippen LogP contribution in [0.25, 0.3) is 0 Å². The Hall–Kier alpha value is -1.33. The van der Waals surface area contributed by atoms with Gasteiger partial charge in [-0.15, -0.1) is 0 Å². The van der Waals surface area contributed by atoms with Crippen LogP contribution in [-0.4, -0.2) is 38.3 Å². The maximum atomic E-state index is 11.8. The summed E-state index contributed by atoms with van der Waals surface area (Å²) in [5.74, 6) is -0.173. The average Bonchev–Trinajstić information content (AvgIpc) is 2.46. The van der Waals surface area contributed by atoms with E-state index in [0.717, 1.165) is 30.2 Å². The highest BCUT2D eigenvalue weighted by Gasteiger charge is 2.34. The van der Waals surface area contributed by atoms with Crippen LogP contribution in [0, 0.1) is 0 Å². The topological polar surface area (TPSA) is 53.6 Å². The fraction of sp³-hybridized carbons (Fsp3) is 0.500. The Morgan fingerprint density at radius 2 is 2.29 bits per heavy atom. The number of ether oxygens (including phenoxy) is 1. The van der Waals surface area contributed by atoms with E-state index in [1.54, 1.807) is 0 Å². The first-order valence-corrected chi connectivity index (χ1v) is 7.79. The van der Waals surface area contributed by atoms with E-state index in [1.807, 2.05) is 13.0 Å². The minimum Gasteiger partial charge on any atom is -0.466 e. The standard InChI is InChI=1S/C14H17Cl2N3O2/c1-2-21-11(20)5-8-7-18-13-12(16)9(15)6-10-14(13)19(8)4-3-17-10/h6,8,17-18H,2-5,7H2,1H3. The van der Waals surface area contributed by atoms with Crippen molar-refractivity contribution in [2.75, 3.05) is 41.8 Å². The molecular weight excluding hydrogens is 313 g/mol. The molecule has 0 spiro atoms. The van der Waals surface area contributed by atoms with E-state index in [9.17, 15) is 4.79 Å². The Morgan fingerprint density at radius 3 is 3.05 bits per heavy atom. The number of rotatable bonds is 3. The molecule has 2 aliphatic rings. The van der Waals surface area contributed by atoms with Crippen LogP contribution in [0.5, 0.6) is 0 Å². The number of halogens is 2. The number of anilines is 3. The molecule has 7 heteroatoms.